The number of imide groups is 1. The molecule has 2 aromatic rings. The first kappa shape index (κ1) is 23.4. The van der Waals surface area contributed by atoms with E-state index in [2.05, 4.69) is 10.0 Å². The van der Waals surface area contributed by atoms with Crippen molar-refractivity contribution in [1.29, 1.82) is 0 Å². The van der Waals surface area contributed by atoms with Gasteiger partial charge in [0.15, 0.2) is 0 Å². The number of hydrogen-bond acceptors (Lipinski definition) is 5. The van der Waals surface area contributed by atoms with Crippen LogP contribution in [0.5, 0.6) is 0 Å². The molecule has 2 N–H and O–H groups in total. The molecule has 0 radical (unpaired) electrons. The number of hydrogen-bond donors (Lipinski definition) is 2. The molecule has 2 aliphatic rings. The number of amides is 2. The van der Waals surface area contributed by atoms with Crippen molar-refractivity contribution in [3.8, 4) is 0 Å². The summed E-state index contributed by atoms with van der Waals surface area (Å²) >= 11 is 0. The van der Waals surface area contributed by atoms with E-state index < -0.39 is 14.8 Å². The zero-order chi connectivity index (χ0) is 23.8. The average molecular weight is 470 g/mol. The van der Waals surface area contributed by atoms with Crippen molar-refractivity contribution < 1.29 is 18.0 Å². The van der Waals surface area contributed by atoms with E-state index in [1.54, 1.807) is 57.2 Å². The fourth-order valence-electron chi connectivity index (χ4n) is 4.31. The van der Waals surface area contributed by atoms with Crippen molar-refractivity contribution in [3.05, 3.63) is 59.7 Å². The molecule has 1 aliphatic carbocycles. The fourth-order valence-corrected chi connectivity index (χ4v) is 5.33. The SMILES string of the molecule is CC(C)(C)S(=O)(=O)N[C@H]1CC[C@H](CNc2ccc3c(c2)C(=O)N(c2ccccc2)C3=O)CC1. The lowest BCUT2D eigenvalue weighted by Crippen LogP contribution is -2.46. The summed E-state index contributed by atoms with van der Waals surface area (Å²) in [6.45, 7) is 5.86. The van der Waals surface area contributed by atoms with Crippen LogP contribution in [0.4, 0.5) is 11.4 Å². The second kappa shape index (κ2) is 8.91. The number of para-hydroxylation sites is 1. The lowest BCUT2D eigenvalue weighted by Gasteiger charge is -2.31. The largest absolute Gasteiger partial charge is 0.385 e. The number of nitrogens with zero attached hydrogens (tertiary/aromatic N) is 1. The number of carbonyl (C=O) groups is 2. The Morgan fingerprint density at radius 2 is 1.55 bits per heavy atom. The molecule has 0 spiro atoms. The number of nitrogens with one attached hydrogen (secondary N) is 2. The zero-order valence-electron chi connectivity index (χ0n) is 19.3. The summed E-state index contributed by atoms with van der Waals surface area (Å²) in [6, 6.07) is 14.2. The summed E-state index contributed by atoms with van der Waals surface area (Å²) in [5.74, 6) is -0.188. The van der Waals surface area contributed by atoms with Gasteiger partial charge in [-0.05, 0) is 82.7 Å². The van der Waals surface area contributed by atoms with Crippen LogP contribution < -0.4 is 14.9 Å². The van der Waals surface area contributed by atoms with Crippen molar-refractivity contribution in [2.24, 2.45) is 5.92 Å². The van der Waals surface area contributed by atoms with Crippen LogP contribution in [-0.4, -0.2) is 37.6 Å². The molecular formula is C25H31N3O4S. The molecule has 0 saturated heterocycles. The Labute approximate surface area is 195 Å². The summed E-state index contributed by atoms with van der Waals surface area (Å²) in [5, 5.41) is 3.40. The monoisotopic (exact) mass is 469 g/mol. The van der Waals surface area contributed by atoms with E-state index in [1.807, 2.05) is 12.1 Å². The van der Waals surface area contributed by atoms with Gasteiger partial charge in [0.2, 0.25) is 10.0 Å². The molecule has 1 aliphatic heterocycles. The zero-order valence-corrected chi connectivity index (χ0v) is 20.1. The van der Waals surface area contributed by atoms with Gasteiger partial charge in [-0.1, -0.05) is 18.2 Å². The van der Waals surface area contributed by atoms with Crippen LogP contribution in [0.15, 0.2) is 48.5 Å². The Kier molecular flexibility index (Phi) is 6.33. The smallest absolute Gasteiger partial charge is 0.266 e. The van der Waals surface area contributed by atoms with E-state index in [-0.39, 0.29) is 17.9 Å². The molecule has 0 unspecified atom stereocenters. The van der Waals surface area contributed by atoms with Gasteiger partial charge in [0.1, 0.15) is 0 Å². The second-order valence-electron chi connectivity index (χ2n) is 9.87. The summed E-state index contributed by atoms with van der Waals surface area (Å²) in [5.41, 5.74) is 2.20. The topological polar surface area (TPSA) is 95.6 Å². The Bertz CT molecular complexity index is 1150. The second-order valence-corrected chi connectivity index (χ2v) is 12.3. The highest BCUT2D eigenvalue weighted by molar-refractivity contribution is 7.90. The molecule has 4 rings (SSSR count). The number of benzene rings is 2. The first-order chi connectivity index (χ1) is 15.6. The summed E-state index contributed by atoms with van der Waals surface area (Å²) in [7, 11) is -3.34. The van der Waals surface area contributed by atoms with E-state index in [1.165, 1.54) is 4.90 Å². The average Bonchev–Trinajstić information content (AvgIpc) is 3.02. The lowest BCUT2D eigenvalue weighted by atomic mass is 9.86. The van der Waals surface area contributed by atoms with Crippen LogP contribution in [0.25, 0.3) is 0 Å². The van der Waals surface area contributed by atoms with Crippen LogP contribution in [0.3, 0.4) is 0 Å². The van der Waals surface area contributed by atoms with Crippen molar-refractivity contribution in [3.63, 3.8) is 0 Å². The maximum Gasteiger partial charge on any atom is 0.266 e. The van der Waals surface area contributed by atoms with Crippen LogP contribution in [0.1, 0.15) is 67.2 Å². The minimum absolute atomic E-state index is 0.0157. The van der Waals surface area contributed by atoms with Crippen molar-refractivity contribution in [1.82, 2.24) is 4.72 Å². The Morgan fingerprint density at radius 1 is 0.909 bits per heavy atom. The van der Waals surface area contributed by atoms with Crippen molar-refractivity contribution in [2.45, 2.75) is 57.2 Å². The van der Waals surface area contributed by atoms with E-state index in [4.69, 9.17) is 0 Å². The molecule has 1 fully saturated rings. The van der Waals surface area contributed by atoms with Gasteiger partial charge in [-0.25, -0.2) is 18.0 Å². The van der Waals surface area contributed by atoms with Crippen LogP contribution in [0, 0.1) is 5.92 Å². The summed E-state index contributed by atoms with van der Waals surface area (Å²) in [4.78, 5) is 26.9. The molecule has 0 bridgehead atoms. The van der Waals surface area contributed by atoms with Gasteiger partial charge in [0.25, 0.3) is 11.8 Å². The standard InChI is InChI=1S/C25H31N3O4S/c1-25(2,3)33(31,32)27-18-11-9-17(10-12-18)16-26-19-13-14-21-22(15-19)24(30)28(23(21)29)20-7-5-4-6-8-20/h4-8,13-15,17-18,26-27H,9-12,16H2,1-3H3/t17-,18-. The highest BCUT2D eigenvalue weighted by Crippen LogP contribution is 2.31. The molecule has 1 heterocycles. The number of anilines is 2. The third kappa shape index (κ3) is 4.82. The summed E-state index contributed by atoms with van der Waals surface area (Å²) in [6.07, 6.45) is 3.47. The quantitative estimate of drug-likeness (QED) is 0.619. The Hall–Kier alpha value is -2.71. The van der Waals surface area contributed by atoms with Gasteiger partial charge in [-0.3, -0.25) is 9.59 Å². The highest BCUT2D eigenvalue weighted by atomic mass is 32.2. The predicted octanol–water partition coefficient (Wildman–Crippen LogP) is 4.18. The van der Waals surface area contributed by atoms with Gasteiger partial charge in [0, 0.05) is 18.3 Å². The number of sulfonamides is 1. The minimum Gasteiger partial charge on any atom is -0.385 e. The lowest BCUT2D eigenvalue weighted by molar-refractivity contribution is 0.0926. The van der Waals surface area contributed by atoms with Crippen LogP contribution in [-0.2, 0) is 10.0 Å². The molecule has 2 amide bonds. The first-order valence-electron chi connectivity index (χ1n) is 11.4. The number of carbonyl (C=O) groups excluding carboxylic acids is 2. The summed E-state index contributed by atoms with van der Waals surface area (Å²) < 4.78 is 26.8. The molecule has 33 heavy (non-hydrogen) atoms. The Balaban J connectivity index is 1.34. The van der Waals surface area contributed by atoms with E-state index >= 15 is 0 Å². The van der Waals surface area contributed by atoms with E-state index in [0.717, 1.165) is 37.9 Å². The molecule has 8 heteroatoms. The van der Waals surface area contributed by atoms with Gasteiger partial charge < -0.3 is 5.32 Å². The molecule has 1 saturated carbocycles. The molecule has 0 atom stereocenters. The van der Waals surface area contributed by atoms with E-state index in [9.17, 15) is 18.0 Å². The van der Waals surface area contributed by atoms with Crippen LogP contribution in [0.2, 0.25) is 0 Å². The van der Waals surface area contributed by atoms with Crippen molar-refractivity contribution in [2.75, 3.05) is 16.8 Å². The molecule has 2 aromatic carbocycles. The van der Waals surface area contributed by atoms with Gasteiger partial charge >= 0.3 is 0 Å². The molecule has 7 nitrogen and oxygen atoms in total. The van der Waals surface area contributed by atoms with Gasteiger partial charge in [-0.15, -0.1) is 0 Å². The number of fused-ring (bicyclic) bond motifs is 1. The fraction of sp³-hybridized carbons (Fsp3) is 0.440. The number of rotatable bonds is 6. The Morgan fingerprint density at radius 3 is 2.18 bits per heavy atom. The maximum atomic E-state index is 12.9. The van der Waals surface area contributed by atoms with E-state index in [0.29, 0.717) is 22.7 Å². The van der Waals surface area contributed by atoms with Crippen molar-refractivity contribution >= 4 is 33.2 Å². The van der Waals surface area contributed by atoms with Gasteiger partial charge in [-0.2, -0.15) is 0 Å². The van der Waals surface area contributed by atoms with Gasteiger partial charge in [0.05, 0.1) is 21.6 Å². The minimum atomic E-state index is -3.34. The van der Waals surface area contributed by atoms with Crippen LogP contribution >= 0.6 is 0 Å². The molecular weight excluding hydrogens is 438 g/mol. The third-order valence-corrected chi connectivity index (χ3v) is 8.73. The maximum absolute atomic E-state index is 12.9. The normalized spacial score (nSPS) is 21.2. The first-order valence-corrected chi connectivity index (χ1v) is 12.9. The highest BCUT2D eigenvalue weighted by Gasteiger charge is 2.37. The molecule has 0 aromatic heterocycles. The molecule has 176 valence electrons. The third-order valence-electron chi connectivity index (χ3n) is 6.47. The predicted molar refractivity (Wildman–Crippen MR) is 130 cm³/mol.